The quantitative estimate of drug-likeness (QED) is 0.860. The summed E-state index contributed by atoms with van der Waals surface area (Å²) in [6.45, 7) is 0. The summed E-state index contributed by atoms with van der Waals surface area (Å²) in [6, 6.07) is 8.90. The number of rotatable bonds is 5. The Kier molecular flexibility index (Phi) is 4.95. The lowest BCUT2D eigenvalue weighted by Gasteiger charge is -2.16. The molecule has 0 aliphatic carbocycles. The molecule has 0 saturated carbocycles. The zero-order valence-corrected chi connectivity index (χ0v) is 12.8. The van der Waals surface area contributed by atoms with Gasteiger partial charge in [0.15, 0.2) is 0 Å². The summed E-state index contributed by atoms with van der Waals surface area (Å²) < 4.78 is 64.5. The highest BCUT2D eigenvalue weighted by Crippen LogP contribution is 2.30. The van der Waals surface area contributed by atoms with E-state index in [4.69, 9.17) is 0 Å². The van der Waals surface area contributed by atoms with Crippen molar-refractivity contribution < 1.29 is 31.5 Å². The maximum atomic E-state index is 12.7. The number of nitrogens with one attached hydrogen (secondary N) is 1. The maximum absolute atomic E-state index is 12.7. The molecule has 0 aliphatic rings. The number of sulfonamides is 1. The van der Waals surface area contributed by atoms with E-state index in [9.17, 15) is 31.5 Å². The largest absolute Gasteiger partial charge is 0.480 e. The van der Waals surface area contributed by atoms with Crippen molar-refractivity contribution in [3.05, 3.63) is 65.7 Å². The standard InChI is InChI=1S/C15H12F3NO4S/c16-15(17,18)11-7-4-8-12(9-11)24(22,23)19-13(14(20)21)10-5-2-1-3-6-10/h1-9,13,19H,(H,20,21)/t13-/m1/s1. The van der Waals surface area contributed by atoms with Crippen molar-refractivity contribution in [2.75, 3.05) is 0 Å². The topological polar surface area (TPSA) is 83.5 Å². The molecule has 2 aromatic carbocycles. The zero-order chi connectivity index (χ0) is 18.0. The molecule has 0 bridgehead atoms. The van der Waals surface area contributed by atoms with Gasteiger partial charge in [0.2, 0.25) is 10.0 Å². The van der Waals surface area contributed by atoms with Gasteiger partial charge in [-0.25, -0.2) is 8.42 Å². The van der Waals surface area contributed by atoms with Crippen LogP contribution in [0.5, 0.6) is 0 Å². The van der Waals surface area contributed by atoms with E-state index in [2.05, 4.69) is 0 Å². The average Bonchev–Trinajstić information content (AvgIpc) is 2.52. The average molecular weight is 359 g/mol. The molecule has 1 atom stereocenters. The van der Waals surface area contributed by atoms with E-state index < -0.39 is 38.7 Å². The Morgan fingerprint density at radius 2 is 1.67 bits per heavy atom. The lowest BCUT2D eigenvalue weighted by molar-refractivity contribution is -0.139. The summed E-state index contributed by atoms with van der Waals surface area (Å²) >= 11 is 0. The van der Waals surface area contributed by atoms with Crippen molar-refractivity contribution >= 4 is 16.0 Å². The minimum Gasteiger partial charge on any atom is -0.480 e. The number of alkyl halides is 3. The molecule has 0 aliphatic heterocycles. The Labute approximate surface area is 135 Å². The highest BCUT2D eigenvalue weighted by atomic mass is 32.2. The Balaban J connectivity index is 2.38. The van der Waals surface area contributed by atoms with Crippen LogP contribution >= 0.6 is 0 Å². The molecule has 2 N–H and O–H groups in total. The molecule has 5 nitrogen and oxygen atoms in total. The molecule has 2 aromatic rings. The molecule has 2 rings (SSSR count). The lowest BCUT2D eigenvalue weighted by atomic mass is 10.1. The van der Waals surface area contributed by atoms with Gasteiger partial charge in [-0.05, 0) is 23.8 Å². The summed E-state index contributed by atoms with van der Waals surface area (Å²) in [6.07, 6.45) is -4.71. The monoisotopic (exact) mass is 359 g/mol. The summed E-state index contributed by atoms with van der Waals surface area (Å²) in [4.78, 5) is 10.7. The fourth-order valence-electron chi connectivity index (χ4n) is 1.97. The van der Waals surface area contributed by atoms with Crippen molar-refractivity contribution in [1.29, 1.82) is 0 Å². The lowest BCUT2D eigenvalue weighted by Crippen LogP contribution is -2.33. The van der Waals surface area contributed by atoms with Gasteiger partial charge < -0.3 is 5.11 Å². The highest BCUT2D eigenvalue weighted by molar-refractivity contribution is 7.89. The van der Waals surface area contributed by atoms with Crippen LogP contribution in [0, 0.1) is 0 Å². The molecule has 0 amide bonds. The predicted octanol–water partition coefficient (Wildman–Crippen LogP) is 2.81. The van der Waals surface area contributed by atoms with Gasteiger partial charge in [0.25, 0.3) is 0 Å². The van der Waals surface area contributed by atoms with Crippen LogP contribution in [0.3, 0.4) is 0 Å². The molecule has 0 radical (unpaired) electrons. The number of aliphatic carboxylic acids is 1. The first-order valence-electron chi connectivity index (χ1n) is 6.58. The minimum atomic E-state index is -4.71. The molecule has 9 heteroatoms. The molecule has 0 fully saturated rings. The van der Waals surface area contributed by atoms with Crippen LogP contribution in [-0.4, -0.2) is 19.5 Å². The number of carboxylic acids is 1. The molecule has 128 valence electrons. The van der Waals surface area contributed by atoms with Crippen LogP contribution < -0.4 is 4.72 Å². The van der Waals surface area contributed by atoms with Crippen molar-refractivity contribution in [1.82, 2.24) is 4.72 Å². The predicted molar refractivity (Wildman–Crippen MR) is 78.6 cm³/mol. The van der Waals surface area contributed by atoms with E-state index in [1.165, 1.54) is 24.3 Å². The van der Waals surface area contributed by atoms with E-state index in [-0.39, 0.29) is 5.56 Å². The van der Waals surface area contributed by atoms with E-state index in [0.717, 1.165) is 18.2 Å². The molecule has 0 spiro atoms. The van der Waals surface area contributed by atoms with Crippen molar-refractivity contribution in [2.24, 2.45) is 0 Å². The van der Waals surface area contributed by atoms with E-state index >= 15 is 0 Å². The molecule has 0 heterocycles. The summed E-state index contributed by atoms with van der Waals surface area (Å²) in [5.74, 6) is -1.48. The highest BCUT2D eigenvalue weighted by Gasteiger charge is 2.33. The number of hydrogen-bond donors (Lipinski definition) is 2. The summed E-state index contributed by atoms with van der Waals surface area (Å²) in [7, 11) is -4.47. The van der Waals surface area contributed by atoms with Crippen molar-refractivity contribution in [2.45, 2.75) is 17.1 Å². The first-order chi connectivity index (χ1) is 11.1. The Morgan fingerprint density at radius 1 is 1.04 bits per heavy atom. The third-order valence-electron chi connectivity index (χ3n) is 3.12. The van der Waals surface area contributed by atoms with Crippen molar-refractivity contribution in [3.63, 3.8) is 0 Å². The van der Waals surface area contributed by atoms with Gasteiger partial charge in [-0.2, -0.15) is 17.9 Å². The van der Waals surface area contributed by atoms with Crippen LogP contribution in [0.4, 0.5) is 13.2 Å². The van der Waals surface area contributed by atoms with E-state index in [1.54, 1.807) is 6.07 Å². The van der Waals surface area contributed by atoms with Gasteiger partial charge in [0.1, 0.15) is 6.04 Å². The van der Waals surface area contributed by atoms with Gasteiger partial charge in [-0.15, -0.1) is 0 Å². The molecule has 24 heavy (non-hydrogen) atoms. The first-order valence-corrected chi connectivity index (χ1v) is 8.07. The molecular formula is C15H12F3NO4S. The third kappa shape index (κ3) is 4.12. The van der Waals surface area contributed by atoms with Crippen LogP contribution in [-0.2, 0) is 21.0 Å². The smallest absolute Gasteiger partial charge is 0.416 e. The SMILES string of the molecule is O=C(O)[C@H](NS(=O)(=O)c1cccc(C(F)(F)F)c1)c1ccccc1. The molecule has 0 unspecified atom stereocenters. The van der Waals surface area contributed by atoms with Crippen LogP contribution in [0.15, 0.2) is 59.5 Å². The van der Waals surface area contributed by atoms with Gasteiger partial charge in [-0.1, -0.05) is 36.4 Å². The number of benzene rings is 2. The van der Waals surface area contributed by atoms with Crippen LogP contribution in [0.25, 0.3) is 0 Å². The Hall–Kier alpha value is -2.39. The second-order valence-corrected chi connectivity index (χ2v) is 6.54. The van der Waals surface area contributed by atoms with E-state index in [0.29, 0.717) is 6.07 Å². The first kappa shape index (κ1) is 18.0. The third-order valence-corrected chi connectivity index (χ3v) is 4.55. The second kappa shape index (κ2) is 6.62. The van der Waals surface area contributed by atoms with Gasteiger partial charge >= 0.3 is 12.1 Å². The number of carbonyl (C=O) groups is 1. The molecule has 0 aromatic heterocycles. The summed E-state index contributed by atoms with van der Waals surface area (Å²) in [5, 5.41) is 9.21. The number of carboxylic acid groups (broad SMARTS) is 1. The van der Waals surface area contributed by atoms with Gasteiger partial charge in [-0.3, -0.25) is 4.79 Å². The fourth-order valence-corrected chi connectivity index (χ4v) is 3.19. The van der Waals surface area contributed by atoms with Gasteiger partial charge in [0, 0.05) is 0 Å². The maximum Gasteiger partial charge on any atom is 0.416 e. The van der Waals surface area contributed by atoms with Crippen LogP contribution in [0.2, 0.25) is 0 Å². The Bertz CT molecular complexity index is 835. The zero-order valence-electron chi connectivity index (χ0n) is 12.0. The molecular weight excluding hydrogens is 347 g/mol. The Morgan fingerprint density at radius 3 is 2.21 bits per heavy atom. The normalized spacial score (nSPS) is 13.5. The van der Waals surface area contributed by atoms with Crippen molar-refractivity contribution in [3.8, 4) is 0 Å². The molecule has 0 saturated heterocycles. The van der Waals surface area contributed by atoms with Gasteiger partial charge in [0.05, 0.1) is 10.5 Å². The summed E-state index contributed by atoms with van der Waals surface area (Å²) in [5.41, 5.74) is -0.988. The van der Waals surface area contributed by atoms with E-state index in [1.807, 2.05) is 4.72 Å². The number of halogens is 3. The fraction of sp³-hybridized carbons (Fsp3) is 0.133. The minimum absolute atomic E-state index is 0.153. The number of hydrogen-bond acceptors (Lipinski definition) is 3. The van der Waals surface area contributed by atoms with Crippen LogP contribution in [0.1, 0.15) is 17.2 Å². The second-order valence-electron chi connectivity index (χ2n) is 4.83.